The molecule has 0 N–H and O–H groups in total. The Kier molecular flexibility index (Phi) is 24.2. The van der Waals surface area contributed by atoms with Gasteiger partial charge in [0.2, 0.25) is 0 Å². The summed E-state index contributed by atoms with van der Waals surface area (Å²) in [4.78, 5) is 0. The third-order valence-corrected chi connectivity index (χ3v) is 5.51. The van der Waals surface area contributed by atoms with E-state index in [4.69, 9.17) is 37.4 Å². The Hall–Kier alpha value is -0.0600. The van der Waals surface area contributed by atoms with E-state index in [1.165, 1.54) is 12.8 Å². The normalized spacial score (nSPS) is 14.2. The maximum absolute atomic E-state index is 5.69. The summed E-state index contributed by atoms with van der Waals surface area (Å²) in [7, 11) is 0. The zero-order valence-electron chi connectivity index (χ0n) is 18.8. The average molecular weight is 452 g/mol. The summed E-state index contributed by atoms with van der Waals surface area (Å²) >= 11 is 11.4. The summed E-state index contributed by atoms with van der Waals surface area (Å²) in [6, 6.07) is 0. The van der Waals surface area contributed by atoms with Crippen molar-refractivity contribution in [2.24, 2.45) is 11.8 Å². The van der Waals surface area contributed by atoms with E-state index < -0.39 is 0 Å². The molecule has 0 spiro atoms. The molecule has 2 unspecified atom stereocenters. The lowest BCUT2D eigenvalue weighted by Crippen LogP contribution is -2.09. The summed E-state index contributed by atoms with van der Waals surface area (Å²) in [5, 5.41) is 0. The third-order valence-electron chi connectivity index (χ3n) is 4.97. The molecule has 29 heavy (non-hydrogen) atoms. The van der Waals surface area contributed by atoms with E-state index in [1.807, 2.05) is 0 Å². The minimum Gasteiger partial charge on any atom is -0.355 e. The predicted molar refractivity (Wildman–Crippen MR) is 127 cm³/mol. The van der Waals surface area contributed by atoms with Gasteiger partial charge in [0.15, 0.2) is 0 Å². The van der Waals surface area contributed by atoms with Crippen LogP contribution in [0.3, 0.4) is 0 Å². The van der Waals surface area contributed by atoms with Gasteiger partial charge in [0.05, 0.1) is 0 Å². The Morgan fingerprint density at radius 3 is 1.48 bits per heavy atom. The molecule has 0 aromatic heterocycles. The fourth-order valence-electron chi connectivity index (χ4n) is 2.90. The van der Waals surface area contributed by atoms with Crippen LogP contribution < -0.4 is 0 Å². The molecule has 2 atom stereocenters. The van der Waals surface area contributed by atoms with Gasteiger partial charge in [-0.25, -0.2) is 0 Å². The van der Waals surface area contributed by atoms with Gasteiger partial charge in [-0.05, 0) is 76.0 Å². The lowest BCUT2D eigenvalue weighted by atomic mass is 10.0. The molecule has 0 fully saturated rings. The van der Waals surface area contributed by atoms with Crippen molar-refractivity contribution in [1.29, 1.82) is 0 Å². The van der Waals surface area contributed by atoms with E-state index in [-0.39, 0.29) is 0 Å². The topological polar surface area (TPSA) is 27.7 Å². The molecule has 0 amide bonds. The molecule has 3 nitrogen and oxygen atoms in total. The van der Waals surface area contributed by atoms with Crippen LogP contribution in [0.4, 0.5) is 0 Å². The summed E-state index contributed by atoms with van der Waals surface area (Å²) in [6.07, 6.45) is 20.3. The molecule has 0 aliphatic rings. The SMILES string of the molecule is CCC(C=CCCCCCl)CCOCOCOCCC(C=CCCCCCl)CC. The van der Waals surface area contributed by atoms with Crippen molar-refractivity contribution in [1.82, 2.24) is 0 Å². The summed E-state index contributed by atoms with van der Waals surface area (Å²) in [5.74, 6) is 2.68. The summed E-state index contributed by atoms with van der Waals surface area (Å²) in [5.41, 5.74) is 0. The van der Waals surface area contributed by atoms with Gasteiger partial charge < -0.3 is 14.2 Å². The van der Waals surface area contributed by atoms with Gasteiger partial charge in [-0.3, -0.25) is 0 Å². The molecule has 0 heterocycles. The molecular formula is C24H44Cl2O3. The highest BCUT2D eigenvalue weighted by atomic mass is 35.5. The first-order valence-electron chi connectivity index (χ1n) is 11.5. The van der Waals surface area contributed by atoms with Crippen LogP contribution in [0.2, 0.25) is 0 Å². The lowest BCUT2D eigenvalue weighted by molar-refractivity contribution is -0.132. The van der Waals surface area contributed by atoms with Crippen LogP contribution in [0, 0.1) is 11.8 Å². The number of unbranched alkanes of at least 4 members (excludes halogenated alkanes) is 4. The van der Waals surface area contributed by atoms with Crippen molar-refractivity contribution in [3.63, 3.8) is 0 Å². The number of allylic oxidation sites excluding steroid dienone is 4. The molecule has 0 rings (SSSR count). The maximum Gasteiger partial charge on any atom is 0.149 e. The minimum absolute atomic E-state index is 0.299. The zero-order chi connectivity index (χ0) is 21.4. The monoisotopic (exact) mass is 450 g/mol. The van der Waals surface area contributed by atoms with E-state index in [2.05, 4.69) is 38.2 Å². The molecule has 0 aromatic rings. The van der Waals surface area contributed by atoms with E-state index in [0.29, 0.717) is 25.4 Å². The van der Waals surface area contributed by atoms with Crippen molar-refractivity contribution in [3.8, 4) is 0 Å². The Balaban J connectivity index is 3.56. The van der Waals surface area contributed by atoms with Crippen LogP contribution in [0.15, 0.2) is 24.3 Å². The van der Waals surface area contributed by atoms with Crippen molar-refractivity contribution in [2.45, 2.75) is 78.1 Å². The van der Waals surface area contributed by atoms with Gasteiger partial charge in [0.1, 0.15) is 13.6 Å². The second kappa shape index (κ2) is 24.2. The quantitative estimate of drug-likeness (QED) is 0.0730. The molecule has 0 radical (unpaired) electrons. The molecular weight excluding hydrogens is 407 g/mol. The van der Waals surface area contributed by atoms with Crippen molar-refractivity contribution >= 4 is 23.2 Å². The fourth-order valence-corrected chi connectivity index (χ4v) is 3.28. The van der Waals surface area contributed by atoms with Crippen LogP contribution in [0.25, 0.3) is 0 Å². The van der Waals surface area contributed by atoms with Crippen LogP contribution >= 0.6 is 23.2 Å². The largest absolute Gasteiger partial charge is 0.355 e. The first-order valence-corrected chi connectivity index (χ1v) is 12.5. The highest BCUT2D eigenvalue weighted by Crippen LogP contribution is 2.13. The van der Waals surface area contributed by atoms with Crippen molar-refractivity contribution in [2.75, 3.05) is 38.6 Å². The zero-order valence-corrected chi connectivity index (χ0v) is 20.3. The molecule has 0 saturated carbocycles. The van der Waals surface area contributed by atoms with Gasteiger partial charge in [-0.2, -0.15) is 0 Å². The smallest absolute Gasteiger partial charge is 0.149 e. The molecule has 0 aliphatic heterocycles. The Morgan fingerprint density at radius 1 is 0.655 bits per heavy atom. The van der Waals surface area contributed by atoms with Gasteiger partial charge in [0.25, 0.3) is 0 Å². The number of hydrogen-bond acceptors (Lipinski definition) is 3. The van der Waals surface area contributed by atoms with Gasteiger partial charge in [-0.1, -0.05) is 38.2 Å². The van der Waals surface area contributed by atoms with E-state index >= 15 is 0 Å². The Morgan fingerprint density at radius 2 is 1.10 bits per heavy atom. The summed E-state index contributed by atoms with van der Waals surface area (Å²) in [6.45, 7) is 6.47. The van der Waals surface area contributed by atoms with Gasteiger partial charge >= 0.3 is 0 Å². The highest BCUT2D eigenvalue weighted by molar-refractivity contribution is 6.18. The van der Waals surface area contributed by atoms with E-state index in [9.17, 15) is 0 Å². The molecule has 5 heteroatoms. The summed E-state index contributed by atoms with van der Waals surface area (Å²) < 4.78 is 16.6. The van der Waals surface area contributed by atoms with Crippen molar-refractivity contribution < 1.29 is 14.2 Å². The van der Waals surface area contributed by atoms with Gasteiger partial charge in [-0.15, -0.1) is 23.2 Å². The predicted octanol–water partition coefficient (Wildman–Crippen LogP) is 7.71. The third kappa shape index (κ3) is 21.0. The minimum atomic E-state index is 0.299. The lowest BCUT2D eigenvalue weighted by Gasteiger charge is -2.12. The fraction of sp³-hybridized carbons (Fsp3) is 0.833. The van der Waals surface area contributed by atoms with Gasteiger partial charge in [0, 0.05) is 25.0 Å². The second-order valence-corrected chi connectivity index (χ2v) is 8.15. The number of alkyl halides is 2. The molecule has 0 bridgehead atoms. The standard InChI is InChI=1S/C24H44Cl2O3/c1-3-23(13-9-5-7-11-17-25)15-19-27-21-29-22-28-20-16-24(4-2)14-10-6-8-12-18-26/h9-10,13-14,23-24H,3-8,11-12,15-22H2,1-2H3. The first-order chi connectivity index (χ1) is 14.3. The second-order valence-electron chi connectivity index (χ2n) is 7.40. The van der Waals surface area contributed by atoms with Crippen LogP contribution in [0.1, 0.15) is 78.1 Å². The van der Waals surface area contributed by atoms with Crippen molar-refractivity contribution in [3.05, 3.63) is 24.3 Å². The number of rotatable bonds is 22. The Labute approximate surface area is 190 Å². The highest BCUT2D eigenvalue weighted by Gasteiger charge is 2.03. The van der Waals surface area contributed by atoms with Crippen LogP contribution in [-0.2, 0) is 14.2 Å². The van der Waals surface area contributed by atoms with Crippen LogP contribution in [-0.4, -0.2) is 38.6 Å². The van der Waals surface area contributed by atoms with E-state index in [1.54, 1.807) is 0 Å². The number of ether oxygens (including phenoxy) is 3. The molecule has 0 aliphatic carbocycles. The first kappa shape index (κ1) is 28.9. The number of halogens is 2. The van der Waals surface area contributed by atoms with Crippen LogP contribution in [0.5, 0.6) is 0 Å². The maximum atomic E-state index is 5.69. The molecule has 0 saturated heterocycles. The number of hydrogen-bond donors (Lipinski definition) is 0. The average Bonchev–Trinajstić information content (AvgIpc) is 2.74. The molecule has 172 valence electrons. The molecule has 0 aromatic carbocycles. The van der Waals surface area contributed by atoms with E-state index in [0.717, 1.165) is 76.3 Å². The Bertz CT molecular complexity index is 341.